The number of amides is 2. The fraction of sp³-hybridized carbons (Fsp3) is 0.412. The summed E-state index contributed by atoms with van der Waals surface area (Å²) < 4.78 is 4.68. The Labute approximate surface area is 145 Å². The third-order valence-electron chi connectivity index (χ3n) is 4.44. The molecule has 1 aliphatic rings. The van der Waals surface area contributed by atoms with E-state index in [1.165, 1.54) is 19.5 Å². The average molecular weight is 343 g/mol. The van der Waals surface area contributed by atoms with Crippen molar-refractivity contribution in [1.82, 2.24) is 20.1 Å². The zero-order valence-electron chi connectivity index (χ0n) is 14.5. The minimum Gasteiger partial charge on any atom is -0.465 e. The zero-order valence-corrected chi connectivity index (χ0v) is 14.5. The fourth-order valence-corrected chi connectivity index (χ4v) is 3.29. The monoisotopic (exact) mass is 343 g/mol. The van der Waals surface area contributed by atoms with E-state index >= 15 is 0 Å². The van der Waals surface area contributed by atoms with Gasteiger partial charge in [0.25, 0.3) is 0 Å². The molecule has 3 heterocycles. The van der Waals surface area contributed by atoms with Gasteiger partial charge in [0.2, 0.25) is 0 Å². The van der Waals surface area contributed by atoms with Crippen LogP contribution >= 0.6 is 0 Å². The van der Waals surface area contributed by atoms with Crippen molar-refractivity contribution < 1.29 is 14.3 Å². The summed E-state index contributed by atoms with van der Waals surface area (Å²) in [6.07, 6.45) is 4.74. The first-order valence-electron chi connectivity index (χ1n) is 8.13. The molecule has 0 saturated carbocycles. The van der Waals surface area contributed by atoms with Crippen LogP contribution in [0.2, 0.25) is 0 Å². The number of esters is 1. The third-order valence-corrected chi connectivity index (χ3v) is 4.44. The van der Waals surface area contributed by atoms with Gasteiger partial charge in [0.1, 0.15) is 0 Å². The van der Waals surface area contributed by atoms with Crippen LogP contribution in [0.15, 0.2) is 18.5 Å². The van der Waals surface area contributed by atoms with Crippen molar-refractivity contribution in [3.8, 4) is 0 Å². The van der Waals surface area contributed by atoms with E-state index in [1.54, 1.807) is 11.0 Å². The molecule has 2 aromatic rings. The molecule has 2 amide bonds. The molecule has 0 aromatic carbocycles. The number of pyridine rings is 1. The van der Waals surface area contributed by atoms with Gasteiger partial charge < -0.3 is 15.0 Å². The SMILES string of the molecule is COC(=O)c1cncc(NC(=O)N2CCCC2c2c(C)n[nH]c2C)c1. The first kappa shape index (κ1) is 16.9. The number of methoxy groups -OCH3 is 1. The lowest BCUT2D eigenvalue weighted by molar-refractivity contribution is 0.0600. The number of nitrogens with one attached hydrogen (secondary N) is 2. The van der Waals surface area contributed by atoms with Crippen LogP contribution in [0.5, 0.6) is 0 Å². The molecular weight excluding hydrogens is 322 g/mol. The number of aromatic amines is 1. The van der Waals surface area contributed by atoms with E-state index in [0.717, 1.165) is 29.8 Å². The van der Waals surface area contributed by atoms with E-state index in [4.69, 9.17) is 0 Å². The Bertz CT molecular complexity index is 782. The molecule has 8 nitrogen and oxygen atoms in total. The molecule has 2 N–H and O–H groups in total. The first-order chi connectivity index (χ1) is 12.0. The number of anilines is 1. The number of urea groups is 1. The van der Waals surface area contributed by atoms with E-state index in [0.29, 0.717) is 17.8 Å². The van der Waals surface area contributed by atoms with Crippen LogP contribution in [0.3, 0.4) is 0 Å². The summed E-state index contributed by atoms with van der Waals surface area (Å²) in [5, 5.41) is 10.0. The summed E-state index contributed by atoms with van der Waals surface area (Å²) in [5.41, 5.74) is 3.72. The molecule has 0 radical (unpaired) electrons. The molecule has 132 valence electrons. The number of likely N-dealkylation sites (tertiary alicyclic amines) is 1. The second-order valence-corrected chi connectivity index (χ2v) is 6.08. The van der Waals surface area contributed by atoms with Gasteiger partial charge in [-0.05, 0) is 32.8 Å². The number of rotatable bonds is 3. The van der Waals surface area contributed by atoms with Gasteiger partial charge in [-0.2, -0.15) is 5.10 Å². The Kier molecular flexibility index (Phi) is 4.69. The molecule has 1 saturated heterocycles. The van der Waals surface area contributed by atoms with Gasteiger partial charge in [-0.1, -0.05) is 0 Å². The van der Waals surface area contributed by atoms with E-state index in [1.807, 2.05) is 13.8 Å². The molecule has 1 aliphatic heterocycles. The lowest BCUT2D eigenvalue weighted by Crippen LogP contribution is -2.34. The number of hydrogen-bond acceptors (Lipinski definition) is 5. The van der Waals surface area contributed by atoms with Crippen molar-refractivity contribution in [3.05, 3.63) is 41.0 Å². The molecule has 0 bridgehead atoms. The van der Waals surface area contributed by atoms with Gasteiger partial charge >= 0.3 is 12.0 Å². The molecule has 0 aliphatic carbocycles. The van der Waals surface area contributed by atoms with Crippen molar-refractivity contribution in [3.63, 3.8) is 0 Å². The maximum absolute atomic E-state index is 12.7. The molecule has 1 atom stereocenters. The third kappa shape index (κ3) is 3.33. The van der Waals surface area contributed by atoms with E-state index in [2.05, 4.69) is 25.2 Å². The van der Waals surface area contributed by atoms with Gasteiger partial charge in [0, 0.05) is 24.0 Å². The van der Waals surface area contributed by atoms with Crippen LogP contribution in [0.25, 0.3) is 0 Å². The highest BCUT2D eigenvalue weighted by Crippen LogP contribution is 2.35. The predicted octanol–water partition coefficient (Wildman–Crippen LogP) is 2.58. The quantitative estimate of drug-likeness (QED) is 0.834. The maximum atomic E-state index is 12.7. The first-order valence-corrected chi connectivity index (χ1v) is 8.13. The van der Waals surface area contributed by atoms with Crippen molar-refractivity contribution in [2.75, 3.05) is 19.0 Å². The van der Waals surface area contributed by atoms with Crippen molar-refractivity contribution in [1.29, 1.82) is 0 Å². The fourth-order valence-electron chi connectivity index (χ4n) is 3.29. The zero-order chi connectivity index (χ0) is 18.0. The Balaban J connectivity index is 1.78. The second-order valence-electron chi connectivity index (χ2n) is 6.08. The molecule has 3 rings (SSSR count). The molecule has 2 aromatic heterocycles. The summed E-state index contributed by atoms with van der Waals surface area (Å²) in [6, 6.07) is 1.33. The van der Waals surface area contributed by atoms with Crippen LogP contribution in [0.1, 0.15) is 46.2 Å². The Hall–Kier alpha value is -2.90. The largest absolute Gasteiger partial charge is 0.465 e. The van der Waals surface area contributed by atoms with Crippen LogP contribution in [0, 0.1) is 13.8 Å². The van der Waals surface area contributed by atoms with Gasteiger partial charge in [-0.25, -0.2) is 9.59 Å². The minimum atomic E-state index is -0.493. The minimum absolute atomic E-state index is 0.00417. The van der Waals surface area contributed by atoms with E-state index in [-0.39, 0.29) is 12.1 Å². The standard InChI is InChI=1S/C17H21N5O3/c1-10-15(11(2)21-20-10)14-5-4-6-22(14)17(24)19-13-7-12(8-18-9-13)16(23)25-3/h7-9,14H,4-6H2,1-3H3,(H,19,24)(H,20,21). The highest BCUT2D eigenvalue weighted by Gasteiger charge is 2.33. The van der Waals surface area contributed by atoms with Gasteiger partial charge in [0.15, 0.2) is 0 Å². The molecule has 1 unspecified atom stereocenters. The maximum Gasteiger partial charge on any atom is 0.339 e. The number of aromatic nitrogens is 3. The summed E-state index contributed by atoms with van der Waals surface area (Å²) in [5.74, 6) is -0.493. The van der Waals surface area contributed by atoms with Crippen molar-refractivity contribution >= 4 is 17.7 Å². The summed E-state index contributed by atoms with van der Waals surface area (Å²) >= 11 is 0. The highest BCUT2D eigenvalue weighted by atomic mass is 16.5. The molecule has 1 fully saturated rings. The average Bonchev–Trinajstić information content (AvgIpc) is 3.20. The number of carbonyl (C=O) groups is 2. The topological polar surface area (TPSA) is 100 Å². The van der Waals surface area contributed by atoms with Crippen molar-refractivity contribution in [2.24, 2.45) is 0 Å². The van der Waals surface area contributed by atoms with E-state index < -0.39 is 5.97 Å². The number of carbonyl (C=O) groups excluding carboxylic acids is 2. The van der Waals surface area contributed by atoms with Crippen molar-refractivity contribution in [2.45, 2.75) is 32.7 Å². The summed E-state index contributed by atoms with van der Waals surface area (Å²) in [6.45, 7) is 4.58. The smallest absolute Gasteiger partial charge is 0.339 e. The normalized spacial score (nSPS) is 16.8. The number of aryl methyl sites for hydroxylation is 2. The number of ether oxygens (including phenoxy) is 1. The van der Waals surface area contributed by atoms with Crippen LogP contribution in [-0.4, -0.2) is 45.7 Å². The van der Waals surface area contributed by atoms with Gasteiger partial charge in [0.05, 0.1) is 36.3 Å². The molecule has 8 heteroatoms. The summed E-state index contributed by atoms with van der Waals surface area (Å²) in [7, 11) is 1.30. The lowest BCUT2D eigenvalue weighted by atomic mass is 10.0. The Morgan fingerprint density at radius 3 is 2.84 bits per heavy atom. The predicted molar refractivity (Wildman–Crippen MR) is 91.3 cm³/mol. The van der Waals surface area contributed by atoms with Crippen LogP contribution < -0.4 is 5.32 Å². The van der Waals surface area contributed by atoms with Gasteiger partial charge in [-0.15, -0.1) is 0 Å². The number of H-pyrrole nitrogens is 1. The van der Waals surface area contributed by atoms with Crippen LogP contribution in [0.4, 0.5) is 10.5 Å². The molecule has 0 spiro atoms. The Morgan fingerprint density at radius 1 is 1.36 bits per heavy atom. The molecule has 25 heavy (non-hydrogen) atoms. The summed E-state index contributed by atoms with van der Waals surface area (Å²) in [4.78, 5) is 30.1. The Morgan fingerprint density at radius 2 is 2.16 bits per heavy atom. The number of nitrogens with zero attached hydrogens (tertiary/aromatic N) is 3. The number of hydrogen-bond donors (Lipinski definition) is 2. The lowest BCUT2D eigenvalue weighted by Gasteiger charge is -2.25. The highest BCUT2D eigenvalue weighted by molar-refractivity contribution is 5.93. The molecular formula is C17H21N5O3. The second kappa shape index (κ2) is 6.92. The van der Waals surface area contributed by atoms with Crippen LogP contribution in [-0.2, 0) is 4.74 Å². The van der Waals surface area contributed by atoms with E-state index in [9.17, 15) is 9.59 Å². The van der Waals surface area contributed by atoms with Gasteiger partial charge in [-0.3, -0.25) is 10.1 Å².